The Labute approximate surface area is 231 Å². The van der Waals surface area contributed by atoms with Gasteiger partial charge in [-0.15, -0.1) is 48.0 Å². The lowest BCUT2D eigenvalue weighted by atomic mass is 9.99. The molecule has 0 spiro atoms. The monoisotopic (exact) mass is 726 g/mol. The number of hydrogen-bond acceptors (Lipinski definition) is 3. The van der Waals surface area contributed by atoms with Gasteiger partial charge in [0, 0.05) is 36.5 Å². The summed E-state index contributed by atoms with van der Waals surface area (Å²) in [6.07, 6.45) is 9.84. The molecule has 4 rings (SSSR count). The Balaban J connectivity index is 0.00000171. The number of allylic oxidation sites excluding steroid dienone is 2. The quantitative estimate of drug-likeness (QED) is 0.180. The summed E-state index contributed by atoms with van der Waals surface area (Å²) in [6, 6.07) is 10.8. The van der Waals surface area contributed by atoms with Gasteiger partial charge in [0.25, 0.3) is 0 Å². The molecule has 166 valence electrons. The number of pyridine rings is 1. The van der Waals surface area contributed by atoms with Gasteiger partial charge >= 0.3 is 5.65 Å². The average Bonchev–Trinajstić information content (AvgIpc) is 3.05. The molecule has 1 aliphatic rings. The number of nitrogens with zero attached hydrogens (tertiary/aromatic N) is 4. The van der Waals surface area contributed by atoms with Crippen molar-refractivity contribution in [3.63, 3.8) is 0 Å². The molecule has 0 aliphatic carbocycles. The number of para-hydroxylation sites is 1. The molecule has 0 atom stereocenters. The molecule has 4 nitrogen and oxygen atoms in total. The first-order valence-corrected chi connectivity index (χ1v) is 11.4. The van der Waals surface area contributed by atoms with Crippen molar-refractivity contribution in [2.75, 3.05) is 39.1 Å². The zero-order chi connectivity index (χ0) is 20.6. The summed E-state index contributed by atoms with van der Waals surface area (Å²) in [6.45, 7) is 2.19. The van der Waals surface area contributed by atoms with Crippen molar-refractivity contribution in [1.82, 2.24) is 4.98 Å². The molecule has 0 amide bonds. The Bertz CT molecular complexity index is 1120. The number of benzene rings is 1. The second-order valence-electron chi connectivity index (χ2n) is 8.50. The molecule has 0 saturated heterocycles. The van der Waals surface area contributed by atoms with Gasteiger partial charge in [0.2, 0.25) is 5.01 Å². The van der Waals surface area contributed by atoms with E-state index in [0.717, 1.165) is 39.1 Å². The molecule has 0 N–H and O–H groups in total. The summed E-state index contributed by atoms with van der Waals surface area (Å²) in [5, 5.41) is 1.03. The molecule has 0 fully saturated rings. The number of aromatic nitrogens is 2. The van der Waals surface area contributed by atoms with Crippen LogP contribution in [0.15, 0.2) is 53.3 Å². The maximum atomic E-state index is 4.85. The molecule has 0 bridgehead atoms. The van der Waals surface area contributed by atoms with Crippen molar-refractivity contribution in [3.8, 4) is 0 Å². The molecular formula is C23H29BrI2N4S+2. The van der Waals surface area contributed by atoms with Crippen LogP contribution in [0.4, 0.5) is 5.69 Å². The zero-order valence-electron chi connectivity index (χ0n) is 18.2. The number of quaternary nitrogens is 1. The Morgan fingerprint density at radius 3 is 2.68 bits per heavy atom. The van der Waals surface area contributed by atoms with E-state index in [9.17, 15) is 0 Å². The number of rotatable bonds is 5. The summed E-state index contributed by atoms with van der Waals surface area (Å²) < 4.78 is 5.32. The standard InChI is InChI=1S/C23H27BrN4S.2HI/c1-26-16-18(24)15-21-23(26)25-22(29-21)14-17-10-12-27(11-7-13-28(2,3)4)20-9-6-5-8-19(17)20;;/h5-6,8-10,12,14-16H,7,11,13H2,1-4H3;2*1H/q+2;;. The SMILES string of the molecule is C[n+]1cc(Br)cc2sc(/C=C3\C=CN(CCC[N+](C)(C)C)c4ccccc43)nc21.I.I. The third-order valence-electron chi connectivity index (χ3n) is 5.04. The minimum absolute atomic E-state index is 0. The van der Waals surface area contributed by atoms with Gasteiger partial charge in [-0.05, 0) is 44.7 Å². The van der Waals surface area contributed by atoms with E-state index in [1.54, 1.807) is 11.3 Å². The third-order valence-corrected chi connectivity index (χ3v) is 6.41. The lowest BCUT2D eigenvalue weighted by Gasteiger charge is -2.29. The van der Waals surface area contributed by atoms with Crippen LogP contribution in [-0.2, 0) is 7.05 Å². The summed E-state index contributed by atoms with van der Waals surface area (Å²) in [5.41, 5.74) is 4.77. The van der Waals surface area contributed by atoms with Gasteiger partial charge in [0.05, 0.1) is 39.2 Å². The van der Waals surface area contributed by atoms with E-state index in [2.05, 4.69) is 95.2 Å². The fraction of sp³-hybridized carbons (Fsp3) is 0.304. The van der Waals surface area contributed by atoms with E-state index in [-0.39, 0.29) is 48.0 Å². The highest BCUT2D eigenvalue weighted by Crippen LogP contribution is 2.35. The highest BCUT2D eigenvalue weighted by Gasteiger charge is 2.19. The smallest absolute Gasteiger partial charge is 0.342 e. The fourth-order valence-corrected chi connectivity index (χ4v) is 5.33. The topological polar surface area (TPSA) is 20.0 Å². The molecule has 0 unspecified atom stereocenters. The van der Waals surface area contributed by atoms with Crippen LogP contribution in [0.1, 0.15) is 17.0 Å². The van der Waals surface area contributed by atoms with Gasteiger partial charge in [-0.2, -0.15) is 0 Å². The maximum Gasteiger partial charge on any atom is 0.342 e. The predicted molar refractivity (Wildman–Crippen MR) is 158 cm³/mol. The Hall–Kier alpha value is -0.560. The van der Waals surface area contributed by atoms with Crippen LogP contribution in [0.25, 0.3) is 22.0 Å². The Morgan fingerprint density at radius 2 is 1.94 bits per heavy atom. The van der Waals surface area contributed by atoms with Crippen molar-refractivity contribution in [2.45, 2.75) is 6.42 Å². The molecule has 3 aromatic rings. The zero-order valence-corrected chi connectivity index (χ0v) is 25.3. The van der Waals surface area contributed by atoms with Gasteiger partial charge in [-0.3, -0.25) is 0 Å². The summed E-state index contributed by atoms with van der Waals surface area (Å²) in [4.78, 5) is 7.22. The number of halogens is 3. The molecule has 31 heavy (non-hydrogen) atoms. The van der Waals surface area contributed by atoms with E-state index in [4.69, 9.17) is 4.98 Å². The molecule has 8 heteroatoms. The second-order valence-corrected chi connectivity index (χ2v) is 10.5. The van der Waals surface area contributed by atoms with E-state index >= 15 is 0 Å². The minimum Gasteiger partial charge on any atom is -0.347 e. The van der Waals surface area contributed by atoms with E-state index in [1.807, 2.05) is 13.2 Å². The second kappa shape index (κ2) is 11.0. The molecular weight excluding hydrogens is 698 g/mol. The van der Waals surface area contributed by atoms with Gasteiger partial charge < -0.3 is 9.38 Å². The van der Waals surface area contributed by atoms with Crippen LogP contribution >= 0.6 is 75.2 Å². The molecule has 1 aliphatic heterocycles. The van der Waals surface area contributed by atoms with Gasteiger partial charge in [-0.25, -0.2) is 4.57 Å². The average molecular weight is 727 g/mol. The minimum atomic E-state index is 0. The largest absolute Gasteiger partial charge is 0.347 e. The van der Waals surface area contributed by atoms with Crippen LogP contribution in [0.5, 0.6) is 0 Å². The molecule has 2 aromatic heterocycles. The van der Waals surface area contributed by atoms with Crippen molar-refractivity contribution in [2.24, 2.45) is 7.05 Å². The Kier molecular flexibility index (Phi) is 9.51. The lowest BCUT2D eigenvalue weighted by molar-refractivity contribution is -0.870. The normalized spacial score (nSPS) is 14.4. The fourth-order valence-electron chi connectivity index (χ4n) is 3.64. The van der Waals surface area contributed by atoms with E-state index in [0.29, 0.717) is 0 Å². The van der Waals surface area contributed by atoms with Crippen LogP contribution in [-0.4, -0.2) is 43.7 Å². The van der Waals surface area contributed by atoms with Gasteiger partial charge in [0.1, 0.15) is 10.9 Å². The van der Waals surface area contributed by atoms with Crippen molar-refractivity contribution >= 4 is 103 Å². The number of fused-ring (bicyclic) bond motifs is 2. The van der Waals surface area contributed by atoms with Crippen molar-refractivity contribution in [1.29, 1.82) is 0 Å². The van der Waals surface area contributed by atoms with Crippen molar-refractivity contribution in [3.05, 3.63) is 63.8 Å². The highest BCUT2D eigenvalue weighted by molar-refractivity contribution is 14.0. The maximum absolute atomic E-state index is 4.85. The van der Waals surface area contributed by atoms with Gasteiger partial charge in [0.15, 0.2) is 0 Å². The lowest BCUT2D eigenvalue weighted by Crippen LogP contribution is -2.37. The highest BCUT2D eigenvalue weighted by atomic mass is 127. The predicted octanol–water partition coefficient (Wildman–Crippen LogP) is 6.09. The van der Waals surface area contributed by atoms with E-state index in [1.165, 1.54) is 21.5 Å². The summed E-state index contributed by atoms with van der Waals surface area (Å²) in [5.74, 6) is 0. The summed E-state index contributed by atoms with van der Waals surface area (Å²) >= 11 is 5.30. The number of thiazole rings is 1. The van der Waals surface area contributed by atoms with Crippen LogP contribution in [0.3, 0.4) is 0 Å². The molecule has 0 saturated carbocycles. The van der Waals surface area contributed by atoms with Crippen LogP contribution in [0, 0.1) is 0 Å². The first-order chi connectivity index (χ1) is 13.8. The number of aryl methyl sites for hydroxylation is 1. The van der Waals surface area contributed by atoms with Gasteiger partial charge in [-0.1, -0.05) is 29.5 Å². The summed E-state index contributed by atoms with van der Waals surface area (Å²) in [7, 11) is 8.78. The molecule has 1 aromatic carbocycles. The Morgan fingerprint density at radius 1 is 1.19 bits per heavy atom. The first-order valence-electron chi connectivity index (χ1n) is 9.82. The van der Waals surface area contributed by atoms with E-state index < -0.39 is 0 Å². The van der Waals surface area contributed by atoms with Crippen LogP contribution in [0.2, 0.25) is 0 Å². The molecule has 0 radical (unpaired) electrons. The first kappa shape index (κ1) is 26.7. The number of anilines is 1. The number of hydrogen-bond donors (Lipinski definition) is 0. The van der Waals surface area contributed by atoms with Crippen LogP contribution < -0.4 is 9.47 Å². The third kappa shape index (κ3) is 6.49. The van der Waals surface area contributed by atoms with Crippen molar-refractivity contribution < 1.29 is 9.05 Å². The molecule has 3 heterocycles.